The summed E-state index contributed by atoms with van der Waals surface area (Å²) in [4.78, 5) is 14.5. The molecule has 152 valence electrons. The Labute approximate surface area is 171 Å². The topological polar surface area (TPSA) is 70.4 Å². The second-order valence-corrected chi connectivity index (χ2v) is 6.83. The molecule has 6 nitrogen and oxygen atoms in total. The lowest BCUT2D eigenvalue weighted by Crippen LogP contribution is -2.28. The maximum atomic E-state index is 12.2. The molecule has 2 N–H and O–H groups in total. The van der Waals surface area contributed by atoms with E-state index in [0.29, 0.717) is 18.0 Å². The van der Waals surface area contributed by atoms with Crippen LogP contribution in [-0.2, 0) is 13.0 Å². The molecular formula is C23H28N4O2. The Hall–Kier alpha value is -3.12. The number of hydrogen-bond acceptors (Lipinski definition) is 4. The Morgan fingerprint density at radius 2 is 1.76 bits per heavy atom. The predicted octanol–water partition coefficient (Wildman–Crippen LogP) is 4.55. The number of nitrogens with zero attached hydrogens (tertiary/aromatic N) is 2. The molecule has 0 unspecified atom stereocenters. The number of hydrogen-bond donors (Lipinski definition) is 2. The number of rotatable bonds is 9. The van der Waals surface area contributed by atoms with Gasteiger partial charge in [-0.3, -0.25) is 0 Å². The zero-order valence-corrected chi connectivity index (χ0v) is 17.0. The van der Waals surface area contributed by atoms with Crippen molar-refractivity contribution in [2.75, 3.05) is 25.0 Å². The minimum atomic E-state index is -0.273. The van der Waals surface area contributed by atoms with E-state index in [1.807, 2.05) is 48.5 Å². The number of urea groups is 1. The highest BCUT2D eigenvalue weighted by Crippen LogP contribution is 2.19. The smallest absolute Gasteiger partial charge is 0.319 e. The molecule has 1 heterocycles. The monoisotopic (exact) mass is 392 g/mol. The van der Waals surface area contributed by atoms with E-state index in [9.17, 15) is 4.79 Å². The van der Waals surface area contributed by atoms with Gasteiger partial charge in [0.05, 0.1) is 6.54 Å². The van der Waals surface area contributed by atoms with Gasteiger partial charge in [0.2, 0.25) is 0 Å². The van der Waals surface area contributed by atoms with Gasteiger partial charge in [0, 0.05) is 23.9 Å². The van der Waals surface area contributed by atoms with Crippen molar-refractivity contribution in [3.05, 3.63) is 71.9 Å². The lowest BCUT2D eigenvalue weighted by molar-refractivity contribution is 0.251. The molecule has 1 aromatic heterocycles. The number of nitrogens with one attached hydrogen (secondary N) is 2. The fourth-order valence-electron chi connectivity index (χ4n) is 3.06. The Kier molecular flexibility index (Phi) is 7.41. The van der Waals surface area contributed by atoms with Crippen LogP contribution in [0.1, 0.15) is 25.1 Å². The first-order valence-corrected chi connectivity index (χ1v) is 10.0. The highest BCUT2D eigenvalue weighted by Gasteiger charge is 2.08. The molecule has 0 aliphatic heterocycles. The van der Waals surface area contributed by atoms with E-state index in [1.165, 1.54) is 5.56 Å². The average Bonchev–Trinajstić information content (AvgIpc) is 3.24. The number of aromatic nitrogens is 1. The van der Waals surface area contributed by atoms with Gasteiger partial charge < -0.3 is 20.1 Å². The van der Waals surface area contributed by atoms with E-state index in [2.05, 4.69) is 46.7 Å². The lowest BCUT2D eigenvalue weighted by atomic mass is 10.1. The van der Waals surface area contributed by atoms with Crippen LogP contribution >= 0.6 is 0 Å². The normalized spacial score (nSPS) is 10.9. The quantitative estimate of drug-likeness (QED) is 0.561. The van der Waals surface area contributed by atoms with Crippen molar-refractivity contribution >= 4 is 11.7 Å². The molecule has 2 aromatic carbocycles. The molecular weight excluding hydrogens is 364 g/mol. The van der Waals surface area contributed by atoms with Crippen LogP contribution in [-0.4, -0.2) is 35.7 Å². The van der Waals surface area contributed by atoms with Crippen molar-refractivity contribution in [1.82, 2.24) is 15.4 Å². The van der Waals surface area contributed by atoms with E-state index in [4.69, 9.17) is 4.52 Å². The maximum Gasteiger partial charge on any atom is 0.319 e. The van der Waals surface area contributed by atoms with E-state index < -0.39 is 0 Å². The summed E-state index contributed by atoms with van der Waals surface area (Å²) < 4.78 is 5.35. The molecule has 2 amide bonds. The molecule has 0 fully saturated rings. The zero-order valence-electron chi connectivity index (χ0n) is 17.0. The van der Waals surface area contributed by atoms with Crippen LogP contribution in [0.3, 0.4) is 0 Å². The molecule has 3 rings (SSSR count). The summed E-state index contributed by atoms with van der Waals surface area (Å²) in [5, 5.41) is 9.66. The van der Waals surface area contributed by atoms with Crippen molar-refractivity contribution in [3.8, 4) is 11.3 Å². The van der Waals surface area contributed by atoms with E-state index in [0.717, 1.165) is 37.3 Å². The summed E-state index contributed by atoms with van der Waals surface area (Å²) in [6.07, 6.45) is 1.00. The summed E-state index contributed by atoms with van der Waals surface area (Å²) >= 11 is 0. The molecule has 0 saturated heterocycles. The van der Waals surface area contributed by atoms with Gasteiger partial charge in [0.15, 0.2) is 5.76 Å². The summed E-state index contributed by atoms with van der Waals surface area (Å²) in [5.74, 6) is 0.683. The van der Waals surface area contributed by atoms with Crippen LogP contribution in [0, 0.1) is 0 Å². The van der Waals surface area contributed by atoms with E-state index >= 15 is 0 Å². The predicted molar refractivity (Wildman–Crippen MR) is 116 cm³/mol. The standard InChI is InChI=1S/C23H28N4O2/c1-3-27(4-2)15-14-18-10-12-20(13-11-18)25-23(28)24-17-21-16-22(29-26-21)19-8-6-5-7-9-19/h5-13,16H,3-4,14-15,17H2,1-2H3,(H2,24,25,28). The maximum absolute atomic E-state index is 12.2. The van der Waals surface area contributed by atoms with Crippen molar-refractivity contribution in [3.63, 3.8) is 0 Å². The van der Waals surface area contributed by atoms with Gasteiger partial charge in [-0.2, -0.15) is 0 Å². The zero-order chi connectivity index (χ0) is 20.5. The fourth-order valence-corrected chi connectivity index (χ4v) is 3.06. The van der Waals surface area contributed by atoms with Gasteiger partial charge in [-0.15, -0.1) is 0 Å². The molecule has 6 heteroatoms. The van der Waals surface area contributed by atoms with Gasteiger partial charge in [0.1, 0.15) is 5.69 Å². The van der Waals surface area contributed by atoms with Gasteiger partial charge in [0.25, 0.3) is 0 Å². The molecule has 0 saturated carbocycles. The first-order chi connectivity index (χ1) is 14.2. The number of anilines is 1. The lowest BCUT2D eigenvalue weighted by Gasteiger charge is -2.17. The van der Waals surface area contributed by atoms with Crippen LogP contribution in [0.25, 0.3) is 11.3 Å². The average molecular weight is 393 g/mol. The summed E-state index contributed by atoms with van der Waals surface area (Å²) in [7, 11) is 0. The Morgan fingerprint density at radius 3 is 2.45 bits per heavy atom. The summed E-state index contributed by atoms with van der Waals surface area (Å²) in [6, 6.07) is 19.3. The molecule has 0 aliphatic rings. The van der Waals surface area contributed by atoms with Gasteiger partial charge >= 0.3 is 6.03 Å². The van der Waals surface area contributed by atoms with Crippen molar-refractivity contribution in [1.29, 1.82) is 0 Å². The van der Waals surface area contributed by atoms with Crippen LogP contribution < -0.4 is 10.6 Å². The van der Waals surface area contributed by atoms with Crippen LogP contribution in [0.2, 0.25) is 0 Å². The second kappa shape index (κ2) is 10.4. The molecule has 3 aromatic rings. The number of carbonyl (C=O) groups is 1. The fraction of sp³-hybridized carbons (Fsp3) is 0.304. The first kappa shape index (κ1) is 20.6. The molecule has 0 aliphatic carbocycles. The van der Waals surface area contributed by atoms with Crippen LogP contribution in [0.5, 0.6) is 0 Å². The number of likely N-dealkylation sites (N-methyl/N-ethyl adjacent to an activating group) is 1. The molecule has 0 atom stereocenters. The Morgan fingerprint density at radius 1 is 1.03 bits per heavy atom. The third-order valence-electron chi connectivity index (χ3n) is 4.87. The van der Waals surface area contributed by atoms with E-state index in [-0.39, 0.29) is 6.03 Å². The highest BCUT2D eigenvalue weighted by molar-refractivity contribution is 5.89. The van der Waals surface area contributed by atoms with E-state index in [1.54, 1.807) is 0 Å². The van der Waals surface area contributed by atoms with Gasteiger partial charge in [-0.05, 0) is 37.2 Å². The molecule has 0 spiro atoms. The molecule has 0 radical (unpaired) electrons. The largest absolute Gasteiger partial charge is 0.356 e. The Balaban J connectivity index is 1.45. The highest BCUT2D eigenvalue weighted by atomic mass is 16.5. The third kappa shape index (κ3) is 6.19. The number of benzene rings is 2. The van der Waals surface area contributed by atoms with Gasteiger partial charge in [-0.25, -0.2) is 4.79 Å². The number of amides is 2. The van der Waals surface area contributed by atoms with Gasteiger partial charge in [-0.1, -0.05) is 61.5 Å². The van der Waals surface area contributed by atoms with Crippen molar-refractivity contribution in [2.45, 2.75) is 26.8 Å². The second-order valence-electron chi connectivity index (χ2n) is 6.83. The minimum absolute atomic E-state index is 0.273. The Bertz CT molecular complexity index is 887. The SMILES string of the molecule is CCN(CC)CCc1ccc(NC(=O)NCc2cc(-c3ccccc3)on2)cc1. The number of carbonyl (C=O) groups excluding carboxylic acids is 1. The minimum Gasteiger partial charge on any atom is -0.356 e. The van der Waals surface area contributed by atoms with Crippen molar-refractivity contribution in [2.24, 2.45) is 0 Å². The first-order valence-electron chi connectivity index (χ1n) is 10.0. The summed E-state index contributed by atoms with van der Waals surface area (Å²) in [6.45, 7) is 7.82. The summed E-state index contributed by atoms with van der Waals surface area (Å²) in [5.41, 5.74) is 3.65. The molecule has 29 heavy (non-hydrogen) atoms. The van der Waals surface area contributed by atoms with Crippen LogP contribution in [0.15, 0.2) is 65.2 Å². The van der Waals surface area contributed by atoms with Crippen LogP contribution in [0.4, 0.5) is 10.5 Å². The third-order valence-corrected chi connectivity index (χ3v) is 4.87. The van der Waals surface area contributed by atoms with Crippen molar-refractivity contribution < 1.29 is 9.32 Å². The molecule has 0 bridgehead atoms.